The van der Waals surface area contributed by atoms with Crippen molar-refractivity contribution in [1.29, 1.82) is 0 Å². The number of nitrogens with zero attached hydrogens (tertiary/aromatic N) is 2. The van der Waals surface area contributed by atoms with Gasteiger partial charge in [0.2, 0.25) is 0 Å². The average Bonchev–Trinajstić information content (AvgIpc) is 2.72. The summed E-state index contributed by atoms with van der Waals surface area (Å²) in [5.74, 6) is 1.02. The Hall–Kier alpha value is -0.480. The maximum atomic E-state index is 4.56. The van der Waals surface area contributed by atoms with Gasteiger partial charge in [0.25, 0.3) is 0 Å². The number of hydrogen-bond acceptors (Lipinski definition) is 4. The van der Waals surface area contributed by atoms with Crippen molar-refractivity contribution in [3.8, 4) is 0 Å². The maximum absolute atomic E-state index is 4.56. The molecule has 0 aliphatic heterocycles. The molecular formula is C12H23N3S. The fourth-order valence-electron chi connectivity index (χ4n) is 1.62. The fraction of sp³-hybridized carbons (Fsp3) is 0.833. The number of aryl methyl sites for hydroxylation is 1. The second-order valence-corrected chi connectivity index (χ2v) is 4.95. The van der Waals surface area contributed by atoms with Crippen LogP contribution in [-0.2, 0) is 12.8 Å². The SMILES string of the molecule is CCCNC(CC)Cc1nc(CCC)ns1. The van der Waals surface area contributed by atoms with Gasteiger partial charge in [-0.3, -0.25) is 0 Å². The molecule has 0 fully saturated rings. The predicted molar refractivity (Wildman–Crippen MR) is 70.0 cm³/mol. The molecule has 0 aliphatic carbocycles. The highest BCUT2D eigenvalue weighted by atomic mass is 32.1. The molecule has 1 rings (SSSR count). The lowest BCUT2D eigenvalue weighted by molar-refractivity contribution is 0.493. The second kappa shape index (κ2) is 7.74. The minimum absolute atomic E-state index is 0.558. The summed E-state index contributed by atoms with van der Waals surface area (Å²) >= 11 is 1.57. The molecule has 0 aliphatic rings. The summed E-state index contributed by atoms with van der Waals surface area (Å²) in [6, 6.07) is 0.558. The zero-order chi connectivity index (χ0) is 11.8. The molecule has 3 nitrogen and oxygen atoms in total. The maximum Gasteiger partial charge on any atom is 0.142 e. The van der Waals surface area contributed by atoms with Crippen molar-refractivity contribution in [2.45, 2.75) is 58.9 Å². The summed E-state index contributed by atoms with van der Waals surface area (Å²) in [6.45, 7) is 7.68. The molecule has 0 spiro atoms. The Kier molecular flexibility index (Phi) is 6.57. The second-order valence-electron chi connectivity index (χ2n) is 4.12. The molecular weight excluding hydrogens is 218 g/mol. The van der Waals surface area contributed by atoms with E-state index in [1.807, 2.05) is 0 Å². The first-order valence-electron chi connectivity index (χ1n) is 6.34. The molecule has 0 amide bonds. The van der Waals surface area contributed by atoms with Crippen molar-refractivity contribution in [3.63, 3.8) is 0 Å². The van der Waals surface area contributed by atoms with Crippen LogP contribution >= 0.6 is 11.5 Å². The van der Waals surface area contributed by atoms with Crippen molar-refractivity contribution in [2.24, 2.45) is 0 Å². The highest BCUT2D eigenvalue weighted by Crippen LogP contribution is 2.10. The summed E-state index contributed by atoms with van der Waals surface area (Å²) in [4.78, 5) is 4.56. The fourth-order valence-corrected chi connectivity index (χ4v) is 2.38. The third-order valence-corrected chi connectivity index (χ3v) is 3.35. The van der Waals surface area contributed by atoms with Gasteiger partial charge in [-0.05, 0) is 37.3 Å². The molecule has 0 saturated heterocycles. The average molecular weight is 241 g/mol. The van der Waals surface area contributed by atoms with Crippen LogP contribution in [0.4, 0.5) is 0 Å². The molecule has 0 bridgehead atoms. The Morgan fingerprint density at radius 1 is 1.25 bits per heavy atom. The van der Waals surface area contributed by atoms with Crippen molar-refractivity contribution in [2.75, 3.05) is 6.54 Å². The van der Waals surface area contributed by atoms with Gasteiger partial charge in [-0.25, -0.2) is 4.98 Å². The number of nitrogens with one attached hydrogen (secondary N) is 1. The Morgan fingerprint density at radius 2 is 2.06 bits per heavy atom. The third-order valence-electron chi connectivity index (χ3n) is 2.58. The first-order valence-corrected chi connectivity index (χ1v) is 7.12. The van der Waals surface area contributed by atoms with Crippen molar-refractivity contribution < 1.29 is 0 Å². The van der Waals surface area contributed by atoms with Crippen LogP contribution in [0.1, 0.15) is 50.9 Å². The summed E-state index contributed by atoms with van der Waals surface area (Å²) in [7, 11) is 0. The Bertz CT molecular complexity index is 286. The highest BCUT2D eigenvalue weighted by Gasteiger charge is 2.10. The quantitative estimate of drug-likeness (QED) is 0.760. The van der Waals surface area contributed by atoms with Gasteiger partial charge in [-0.2, -0.15) is 4.37 Å². The van der Waals surface area contributed by atoms with Crippen LogP contribution in [-0.4, -0.2) is 21.9 Å². The van der Waals surface area contributed by atoms with E-state index in [0.29, 0.717) is 6.04 Å². The van der Waals surface area contributed by atoms with E-state index in [-0.39, 0.29) is 0 Å². The molecule has 16 heavy (non-hydrogen) atoms. The van der Waals surface area contributed by atoms with Crippen LogP contribution in [0, 0.1) is 0 Å². The van der Waals surface area contributed by atoms with E-state index in [2.05, 4.69) is 35.4 Å². The van der Waals surface area contributed by atoms with E-state index in [9.17, 15) is 0 Å². The molecule has 0 saturated carbocycles. The van der Waals surface area contributed by atoms with E-state index >= 15 is 0 Å². The van der Waals surface area contributed by atoms with Crippen LogP contribution in [0.15, 0.2) is 0 Å². The summed E-state index contributed by atoms with van der Waals surface area (Å²) in [5.41, 5.74) is 0. The first kappa shape index (κ1) is 13.6. The van der Waals surface area contributed by atoms with Gasteiger partial charge in [0.1, 0.15) is 10.8 Å². The minimum atomic E-state index is 0.558. The minimum Gasteiger partial charge on any atom is -0.314 e. The molecule has 1 unspecified atom stereocenters. The lowest BCUT2D eigenvalue weighted by Crippen LogP contribution is -2.31. The lowest BCUT2D eigenvalue weighted by atomic mass is 10.1. The standard InChI is InChI=1S/C12H23N3S/c1-4-7-11-14-12(16-15-11)9-10(6-3)13-8-5-2/h10,13H,4-9H2,1-3H3. The van der Waals surface area contributed by atoms with Gasteiger partial charge in [0.05, 0.1) is 0 Å². The number of aromatic nitrogens is 2. The van der Waals surface area contributed by atoms with Crippen molar-refractivity contribution in [1.82, 2.24) is 14.7 Å². The zero-order valence-corrected chi connectivity index (χ0v) is 11.4. The number of hydrogen-bond donors (Lipinski definition) is 1. The van der Waals surface area contributed by atoms with Gasteiger partial charge < -0.3 is 5.32 Å². The van der Waals surface area contributed by atoms with E-state index in [1.165, 1.54) is 11.4 Å². The van der Waals surface area contributed by atoms with Gasteiger partial charge in [0.15, 0.2) is 0 Å². The summed E-state index contributed by atoms with van der Waals surface area (Å²) in [6.07, 6.45) is 5.51. The van der Waals surface area contributed by atoms with Crippen molar-refractivity contribution >= 4 is 11.5 Å². The van der Waals surface area contributed by atoms with Gasteiger partial charge in [-0.1, -0.05) is 20.8 Å². The Balaban J connectivity index is 2.43. The smallest absolute Gasteiger partial charge is 0.142 e. The molecule has 1 heterocycles. The van der Waals surface area contributed by atoms with Gasteiger partial charge >= 0.3 is 0 Å². The zero-order valence-electron chi connectivity index (χ0n) is 10.6. The molecule has 1 N–H and O–H groups in total. The van der Waals surface area contributed by atoms with Crippen LogP contribution in [0.2, 0.25) is 0 Å². The van der Waals surface area contributed by atoms with Crippen molar-refractivity contribution in [3.05, 3.63) is 10.8 Å². The summed E-state index contributed by atoms with van der Waals surface area (Å²) < 4.78 is 4.38. The molecule has 0 radical (unpaired) electrons. The predicted octanol–water partition coefficient (Wildman–Crippen LogP) is 2.81. The molecule has 1 aromatic rings. The monoisotopic (exact) mass is 241 g/mol. The van der Waals surface area contributed by atoms with Crippen LogP contribution in [0.3, 0.4) is 0 Å². The highest BCUT2D eigenvalue weighted by molar-refractivity contribution is 7.05. The first-order chi connectivity index (χ1) is 7.80. The topological polar surface area (TPSA) is 37.8 Å². The van der Waals surface area contributed by atoms with Gasteiger partial charge in [0, 0.05) is 18.9 Å². The molecule has 92 valence electrons. The Morgan fingerprint density at radius 3 is 2.69 bits per heavy atom. The van der Waals surface area contributed by atoms with E-state index < -0.39 is 0 Å². The largest absolute Gasteiger partial charge is 0.314 e. The molecule has 1 atom stereocenters. The summed E-state index contributed by atoms with van der Waals surface area (Å²) in [5, 5.41) is 4.73. The van der Waals surface area contributed by atoms with Crippen LogP contribution in [0.25, 0.3) is 0 Å². The third kappa shape index (κ3) is 4.58. The van der Waals surface area contributed by atoms with E-state index in [0.717, 1.165) is 38.1 Å². The molecule has 0 aromatic carbocycles. The normalized spacial score (nSPS) is 12.9. The van der Waals surface area contributed by atoms with Gasteiger partial charge in [-0.15, -0.1) is 0 Å². The molecule has 1 aromatic heterocycles. The van der Waals surface area contributed by atoms with Crippen LogP contribution in [0.5, 0.6) is 0 Å². The van der Waals surface area contributed by atoms with E-state index in [1.54, 1.807) is 11.5 Å². The van der Waals surface area contributed by atoms with E-state index in [4.69, 9.17) is 0 Å². The van der Waals surface area contributed by atoms with Crippen LogP contribution < -0.4 is 5.32 Å². The number of rotatable bonds is 8. The lowest BCUT2D eigenvalue weighted by Gasteiger charge is -2.14. The molecule has 4 heteroatoms. The Labute approximate surface area is 103 Å².